The quantitative estimate of drug-likeness (QED) is 0.686. The summed E-state index contributed by atoms with van der Waals surface area (Å²) in [6, 6.07) is 13.1. The third kappa shape index (κ3) is 3.59. The van der Waals surface area contributed by atoms with Crippen LogP contribution >= 0.6 is 0 Å². The number of hydrogen-bond acceptors (Lipinski definition) is 7. The molecule has 0 amide bonds. The zero-order chi connectivity index (χ0) is 22.5. The molecule has 2 aromatic rings. The van der Waals surface area contributed by atoms with Gasteiger partial charge in [0.25, 0.3) is 0 Å². The molecular formula is C23H23N3O5S. The molecule has 8 nitrogen and oxygen atoms in total. The maximum atomic E-state index is 13.2. The summed E-state index contributed by atoms with van der Waals surface area (Å²) in [6.07, 6.45) is 0.0452. The van der Waals surface area contributed by atoms with E-state index < -0.39 is 16.1 Å². The van der Waals surface area contributed by atoms with Crippen LogP contribution in [0, 0.1) is 17.2 Å². The van der Waals surface area contributed by atoms with E-state index in [2.05, 4.69) is 4.90 Å². The smallest absolute Gasteiger partial charge is 0.338 e. The van der Waals surface area contributed by atoms with Crippen LogP contribution in [0.2, 0.25) is 0 Å². The summed E-state index contributed by atoms with van der Waals surface area (Å²) in [6.45, 7) is 2.39. The number of nitrogens with zero attached hydrogens (tertiary/aromatic N) is 3. The van der Waals surface area contributed by atoms with Crippen molar-refractivity contribution in [1.29, 1.82) is 5.26 Å². The van der Waals surface area contributed by atoms with Gasteiger partial charge in [-0.1, -0.05) is 6.07 Å². The Morgan fingerprint density at radius 2 is 1.97 bits per heavy atom. The second kappa shape index (κ2) is 7.98. The first-order valence-corrected chi connectivity index (χ1v) is 12.0. The number of carbonyl (C=O) groups excluding carboxylic acids is 1. The van der Waals surface area contributed by atoms with Crippen LogP contribution in [0.15, 0.2) is 47.4 Å². The fourth-order valence-electron chi connectivity index (χ4n) is 5.01. The topological polar surface area (TPSA) is 111 Å². The molecule has 9 heteroatoms. The first-order valence-electron chi connectivity index (χ1n) is 10.6. The normalized spacial score (nSPS) is 24.1. The molecule has 0 radical (unpaired) electrons. The van der Waals surface area contributed by atoms with Gasteiger partial charge in [-0.2, -0.15) is 9.57 Å². The van der Waals surface area contributed by atoms with Crippen molar-refractivity contribution in [3.63, 3.8) is 0 Å². The van der Waals surface area contributed by atoms with Crippen molar-refractivity contribution in [1.82, 2.24) is 9.21 Å². The van der Waals surface area contributed by atoms with Crippen molar-refractivity contribution in [2.24, 2.45) is 5.92 Å². The lowest BCUT2D eigenvalue weighted by molar-refractivity contribution is 0.0535. The van der Waals surface area contributed by atoms with Gasteiger partial charge >= 0.3 is 5.97 Å². The van der Waals surface area contributed by atoms with Crippen molar-refractivity contribution in [3.05, 3.63) is 64.7 Å². The second-order valence-corrected chi connectivity index (χ2v) is 10.5. The van der Waals surface area contributed by atoms with Gasteiger partial charge in [0.1, 0.15) is 6.61 Å². The number of hydrogen-bond donors (Lipinski definition) is 1. The number of nitriles is 1. The van der Waals surface area contributed by atoms with E-state index in [9.17, 15) is 18.3 Å². The van der Waals surface area contributed by atoms with Gasteiger partial charge < -0.3 is 9.84 Å². The molecule has 0 aromatic heterocycles. The number of likely N-dealkylation sites (tertiary alicyclic amines) is 1. The molecule has 166 valence electrons. The monoisotopic (exact) mass is 453 g/mol. The van der Waals surface area contributed by atoms with E-state index in [4.69, 9.17) is 10.00 Å². The van der Waals surface area contributed by atoms with Gasteiger partial charge in [0, 0.05) is 37.8 Å². The minimum absolute atomic E-state index is 0.131. The first kappa shape index (κ1) is 21.1. The average molecular weight is 454 g/mol. The van der Waals surface area contributed by atoms with Gasteiger partial charge in [-0.25, -0.2) is 13.2 Å². The Balaban J connectivity index is 1.27. The number of esters is 1. The summed E-state index contributed by atoms with van der Waals surface area (Å²) in [5.74, 6) is -0.113. The van der Waals surface area contributed by atoms with Crippen LogP contribution in [0.4, 0.5) is 0 Å². The highest BCUT2D eigenvalue weighted by molar-refractivity contribution is 7.89. The molecule has 0 spiro atoms. The zero-order valence-corrected chi connectivity index (χ0v) is 18.2. The van der Waals surface area contributed by atoms with Crippen LogP contribution in [0.5, 0.6) is 0 Å². The van der Waals surface area contributed by atoms with Gasteiger partial charge in [-0.05, 0) is 54.3 Å². The SMILES string of the molecule is N#Cc1ccc(S(=O)(=O)N2CCC3CN(C[C@H](O)c4ccc5c(c4)COC5=O)CC32)cc1. The number of rotatable bonds is 5. The standard InChI is InChI=1S/C23H23N3O5S/c24-10-15-1-4-19(5-2-15)32(29,30)26-8-7-17-11-25(12-21(17)26)13-22(27)16-3-6-20-18(9-16)14-31-23(20)28/h1-6,9,17,21-22,27H,7-8,11-14H2/t17?,21?,22-/m0/s1. The van der Waals surface area contributed by atoms with Crippen LogP contribution in [0.1, 0.15) is 39.6 Å². The van der Waals surface area contributed by atoms with E-state index in [1.54, 1.807) is 16.4 Å². The Labute approximate surface area is 186 Å². The van der Waals surface area contributed by atoms with Gasteiger partial charge in [0.15, 0.2) is 0 Å². The summed E-state index contributed by atoms with van der Waals surface area (Å²) < 4.78 is 33.0. The number of fused-ring (bicyclic) bond motifs is 2. The van der Waals surface area contributed by atoms with E-state index in [1.807, 2.05) is 12.1 Å². The summed E-state index contributed by atoms with van der Waals surface area (Å²) >= 11 is 0. The number of β-amino-alcohol motifs (C(OH)–C–C–N with tert-alkyl or cyclic N) is 1. The number of ether oxygens (including phenoxy) is 1. The molecule has 2 aromatic carbocycles. The molecule has 3 atom stereocenters. The minimum atomic E-state index is -3.65. The van der Waals surface area contributed by atoms with E-state index in [-0.39, 0.29) is 29.4 Å². The number of sulfonamides is 1. The summed E-state index contributed by atoms with van der Waals surface area (Å²) in [4.78, 5) is 13.9. The lowest BCUT2D eigenvalue weighted by atomic mass is 10.0. The Kier molecular flexibility index (Phi) is 5.26. The third-order valence-electron chi connectivity index (χ3n) is 6.69. The molecule has 3 aliphatic rings. The molecule has 0 aliphatic carbocycles. The van der Waals surface area contributed by atoms with Crippen LogP contribution in [-0.2, 0) is 21.4 Å². The predicted molar refractivity (Wildman–Crippen MR) is 114 cm³/mol. The van der Waals surface area contributed by atoms with Crippen LogP contribution in [0.3, 0.4) is 0 Å². The van der Waals surface area contributed by atoms with Gasteiger partial charge in [0.2, 0.25) is 10.0 Å². The molecule has 2 unspecified atom stereocenters. The lowest BCUT2D eigenvalue weighted by Gasteiger charge is -2.25. The molecule has 3 heterocycles. The Hall–Kier alpha value is -2.77. The molecule has 0 bridgehead atoms. The van der Waals surface area contributed by atoms with E-state index in [0.29, 0.717) is 30.8 Å². The van der Waals surface area contributed by atoms with Gasteiger partial charge in [0.05, 0.1) is 28.2 Å². The maximum absolute atomic E-state index is 13.2. The molecule has 32 heavy (non-hydrogen) atoms. The van der Waals surface area contributed by atoms with E-state index in [0.717, 1.165) is 24.1 Å². The van der Waals surface area contributed by atoms with Crippen LogP contribution in [0.25, 0.3) is 0 Å². The minimum Gasteiger partial charge on any atom is -0.457 e. The van der Waals surface area contributed by atoms with Crippen LogP contribution < -0.4 is 0 Å². The largest absolute Gasteiger partial charge is 0.457 e. The number of aliphatic hydroxyl groups excluding tert-OH is 1. The molecule has 1 N–H and O–H groups in total. The molecule has 2 saturated heterocycles. The molecular weight excluding hydrogens is 430 g/mol. The lowest BCUT2D eigenvalue weighted by Crippen LogP contribution is -2.40. The molecule has 2 fully saturated rings. The third-order valence-corrected chi connectivity index (χ3v) is 8.62. The highest BCUT2D eigenvalue weighted by atomic mass is 32.2. The second-order valence-electron chi connectivity index (χ2n) is 8.60. The summed E-state index contributed by atoms with van der Waals surface area (Å²) in [5, 5.41) is 19.7. The van der Waals surface area contributed by atoms with Gasteiger partial charge in [-0.15, -0.1) is 0 Å². The van der Waals surface area contributed by atoms with E-state index in [1.165, 1.54) is 24.3 Å². The van der Waals surface area contributed by atoms with Crippen molar-refractivity contribution in [3.8, 4) is 6.07 Å². The van der Waals surface area contributed by atoms with Crippen LogP contribution in [-0.4, -0.2) is 60.9 Å². The highest BCUT2D eigenvalue weighted by Crippen LogP contribution is 2.36. The zero-order valence-electron chi connectivity index (χ0n) is 17.3. The van der Waals surface area contributed by atoms with Crippen molar-refractivity contribution >= 4 is 16.0 Å². The van der Waals surface area contributed by atoms with Crippen molar-refractivity contribution < 1.29 is 23.1 Å². The Morgan fingerprint density at radius 1 is 1.19 bits per heavy atom. The Bertz CT molecular complexity index is 1210. The van der Waals surface area contributed by atoms with Gasteiger partial charge in [-0.3, -0.25) is 4.90 Å². The van der Waals surface area contributed by atoms with Crippen molar-refractivity contribution in [2.75, 3.05) is 26.2 Å². The average Bonchev–Trinajstić information content (AvgIpc) is 3.48. The highest BCUT2D eigenvalue weighted by Gasteiger charge is 2.46. The van der Waals surface area contributed by atoms with E-state index >= 15 is 0 Å². The maximum Gasteiger partial charge on any atom is 0.338 e. The predicted octanol–water partition coefficient (Wildman–Crippen LogP) is 1.66. The molecule has 5 rings (SSSR count). The number of carbonyl (C=O) groups is 1. The summed E-state index contributed by atoms with van der Waals surface area (Å²) in [7, 11) is -3.65. The molecule has 3 aliphatic heterocycles. The number of benzene rings is 2. The fourth-order valence-corrected chi connectivity index (χ4v) is 6.70. The number of aliphatic hydroxyl groups is 1. The first-order chi connectivity index (χ1) is 15.4. The fraction of sp³-hybridized carbons (Fsp3) is 0.391. The molecule has 0 saturated carbocycles. The summed E-state index contributed by atoms with van der Waals surface area (Å²) in [5.41, 5.74) is 2.47. The number of cyclic esters (lactones) is 1. The van der Waals surface area contributed by atoms with Crippen molar-refractivity contribution in [2.45, 2.75) is 30.1 Å². The Morgan fingerprint density at radius 3 is 2.72 bits per heavy atom.